The Bertz CT molecular complexity index is 670. The summed E-state index contributed by atoms with van der Waals surface area (Å²) in [6, 6.07) is 0. The molecule has 0 aliphatic heterocycles. The first kappa shape index (κ1) is 29.8. The summed E-state index contributed by atoms with van der Waals surface area (Å²) in [5.74, 6) is -50.8. The molecule has 0 aromatic rings. The second-order valence-corrected chi connectivity index (χ2v) is 6.08. The molecular weight excluding hydrogens is 522 g/mol. The van der Waals surface area contributed by atoms with Gasteiger partial charge in [-0.15, -0.1) is 4.52 Å². The van der Waals surface area contributed by atoms with Gasteiger partial charge in [0, 0.05) is 4.57 Å². The Morgan fingerprint density at radius 3 is 1.13 bits per heavy atom. The normalized spacial score (nSPS) is 16.5. The highest BCUT2D eigenvalue weighted by Gasteiger charge is 2.96. The van der Waals surface area contributed by atoms with Crippen LogP contribution in [0.1, 0.15) is 6.92 Å². The monoisotopic (exact) mass is 527 g/mol. The lowest BCUT2D eigenvalue weighted by Gasteiger charge is -2.41. The standard InChI is InChI=1S/C10H5F17O3P/c1-2-29-31(28)30-10(26,27)8(21,22)6(17,18)4(13,14)3(11,12)5(15,16)7(19,20)9(23,24)25/h2H2,1H3/q+1. The Kier molecular flexibility index (Phi) is 7.70. The summed E-state index contributed by atoms with van der Waals surface area (Å²) in [4.78, 5) is 0. The lowest BCUT2D eigenvalue weighted by molar-refractivity contribution is -0.471. The van der Waals surface area contributed by atoms with Gasteiger partial charge in [-0.2, -0.15) is 74.6 Å². The number of alkyl halides is 17. The van der Waals surface area contributed by atoms with Crippen LogP contribution in [0.25, 0.3) is 0 Å². The fraction of sp³-hybridized carbons (Fsp3) is 1.00. The molecule has 0 N–H and O–H groups in total. The predicted octanol–water partition coefficient (Wildman–Crippen LogP) is 6.66. The third kappa shape index (κ3) is 4.26. The van der Waals surface area contributed by atoms with Gasteiger partial charge in [0.1, 0.15) is 6.61 Å². The van der Waals surface area contributed by atoms with Crippen molar-refractivity contribution >= 4 is 8.25 Å². The van der Waals surface area contributed by atoms with Gasteiger partial charge in [0.25, 0.3) is 0 Å². The van der Waals surface area contributed by atoms with E-state index in [-0.39, 0.29) is 0 Å². The summed E-state index contributed by atoms with van der Waals surface area (Å²) < 4.78 is 235. The topological polar surface area (TPSA) is 35.5 Å². The van der Waals surface area contributed by atoms with Gasteiger partial charge in [-0.1, -0.05) is 0 Å². The van der Waals surface area contributed by atoms with Crippen LogP contribution in [-0.2, 0) is 13.6 Å². The van der Waals surface area contributed by atoms with Gasteiger partial charge < -0.3 is 0 Å². The lowest BCUT2D eigenvalue weighted by Crippen LogP contribution is -2.74. The van der Waals surface area contributed by atoms with Gasteiger partial charge >= 0.3 is 56.1 Å². The number of rotatable bonds is 10. The fourth-order valence-electron chi connectivity index (χ4n) is 1.43. The van der Waals surface area contributed by atoms with E-state index in [0.717, 1.165) is 6.92 Å². The molecule has 0 radical (unpaired) electrons. The third-order valence-electron chi connectivity index (χ3n) is 3.12. The van der Waals surface area contributed by atoms with Crippen LogP contribution in [0.3, 0.4) is 0 Å². The van der Waals surface area contributed by atoms with Crippen LogP contribution in [0.15, 0.2) is 0 Å². The SMILES string of the molecule is CCO[P+](=O)OC(F)(F)C(F)(F)C(F)(F)C(F)(F)C(F)(F)C(F)(F)C(F)(F)C(F)(F)F. The fourth-order valence-corrected chi connectivity index (χ4v) is 2.00. The Hall–Kier alpha value is -1.17. The minimum absolute atomic E-state index is 0.791. The summed E-state index contributed by atoms with van der Waals surface area (Å²) in [5.41, 5.74) is 0. The number of hydrogen-bond donors (Lipinski definition) is 0. The summed E-state index contributed by atoms with van der Waals surface area (Å²) in [5, 5.41) is 0. The first-order valence-electron chi connectivity index (χ1n) is 6.71. The molecule has 0 spiro atoms. The van der Waals surface area contributed by atoms with E-state index in [1.165, 1.54) is 0 Å². The average Bonchev–Trinajstić information content (AvgIpc) is 2.52. The van der Waals surface area contributed by atoms with Gasteiger partial charge in [-0.25, -0.2) is 0 Å². The molecule has 186 valence electrons. The zero-order chi connectivity index (χ0) is 25.7. The van der Waals surface area contributed by atoms with Crippen molar-refractivity contribution < 1.29 is 88.2 Å². The molecule has 0 aliphatic carbocycles. The van der Waals surface area contributed by atoms with Crippen LogP contribution in [-0.4, -0.2) is 54.4 Å². The Morgan fingerprint density at radius 1 is 0.548 bits per heavy atom. The minimum atomic E-state index is -8.73. The quantitative estimate of drug-likeness (QED) is 0.236. The van der Waals surface area contributed by atoms with E-state index >= 15 is 0 Å². The van der Waals surface area contributed by atoms with Crippen molar-refractivity contribution in [2.75, 3.05) is 6.61 Å². The molecule has 21 heteroatoms. The van der Waals surface area contributed by atoms with Crippen molar-refractivity contribution in [3.63, 3.8) is 0 Å². The average molecular weight is 527 g/mol. The molecule has 0 saturated heterocycles. The van der Waals surface area contributed by atoms with Crippen LogP contribution >= 0.6 is 8.25 Å². The Balaban J connectivity index is 6.59. The number of halogens is 17. The van der Waals surface area contributed by atoms with Crippen molar-refractivity contribution in [1.82, 2.24) is 0 Å². The molecule has 0 fully saturated rings. The summed E-state index contributed by atoms with van der Waals surface area (Å²) >= 11 is 0. The molecule has 3 nitrogen and oxygen atoms in total. The van der Waals surface area contributed by atoms with E-state index in [2.05, 4.69) is 9.05 Å². The first-order chi connectivity index (χ1) is 13.2. The molecule has 0 amide bonds. The van der Waals surface area contributed by atoms with Gasteiger partial charge in [-0.3, -0.25) is 0 Å². The van der Waals surface area contributed by atoms with E-state index in [1.807, 2.05) is 0 Å². The first-order valence-corrected chi connectivity index (χ1v) is 7.81. The molecule has 0 bridgehead atoms. The maximum atomic E-state index is 13.3. The molecular formula is C10H5F17O3P+. The highest BCUT2D eigenvalue weighted by atomic mass is 31.1. The summed E-state index contributed by atoms with van der Waals surface area (Å²) in [6.07, 6.45) is -15.0. The molecule has 0 aliphatic rings. The van der Waals surface area contributed by atoms with Crippen LogP contribution in [0.4, 0.5) is 74.6 Å². The Morgan fingerprint density at radius 2 is 0.839 bits per heavy atom. The minimum Gasteiger partial charge on any atom is -0.192 e. The van der Waals surface area contributed by atoms with Crippen LogP contribution in [0.5, 0.6) is 0 Å². The Labute approximate surface area is 159 Å². The van der Waals surface area contributed by atoms with Gasteiger partial charge in [0.15, 0.2) is 0 Å². The van der Waals surface area contributed by atoms with Gasteiger partial charge in [0.05, 0.1) is 0 Å². The van der Waals surface area contributed by atoms with E-state index in [9.17, 15) is 79.2 Å². The van der Waals surface area contributed by atoms with Crippen LogP contribution in [0.2, 0.25) is 0 Å². The summed E-state index contributed by atoms with van der Waals surface area (Å²) in [7, 11) is -4.56. The van der Waals surface area contributed by atoms with E-state index in [0.29, 0.717) is 0 Å². The second-order valence-electron chi connectivity index (χ2n) is 5.19. The molecule has 1 unspecified atom stereocenters. The van der Waals surface area contributed by atoms with Crippen molar-refractivity contribution in [2.45, 2.75) is 54.7 Å². The highest BCUT2D eigenvalue weighted by molar-refractivity contribution is 7.33. The van der Waals surface area contributed by atoms with Crippen LogP contribution < -0.4 is 0 Å². The van der Waals surface area contributed by atoms with Crippen LogP contribution in [0, 0.1) is 0 Å². The lowest BCUT2D eigenvalue weighted by atomic mass is 9.91. The molecule has 0 rings (SSSR count). The van der Waals surface area contributed by atoms with Crippen molar-refractivity contribution in [2.24, 2.45) is 0 Å². The molecule has 0 saturated carbocycles. The highest BCUT2D eigenvalue weighted by Crippen LogP contribution is 2.64. The van der Waals surface area contributed by atoms with Gasteiger partial charge in [-0.05, 0) is 11.4 Å². The second kappa shape index (κ2) is 8.00. The molecule has 0 aromatic carbocycles. The molecule has 0 heterocycles. The smallest absolute Gasteiger partial charge is 0.192 e. The molecule has 31 heavy (non-hydrogen) atoms. The molecule has 1 atom stereocenters. The maximum Gasteiger partial charge on any atom is 0.703 e. The van der Waals surface area contributed by atoms with E-state index in [4.69, 9.17) is 0 Å². The zero-order valence-electron chi connectivity index (χ0n) is 13.8. The largest absolute Gasteiger partial charge is 0.703 e. The van der Waals surface area contributed by atoms with E-state index < -0.39 is 62.7 Å². The number of hydrogen-bond acceptors (Lipinski definition) is 3. The van der Waals surface area contributed by atoms with E-state index in [1.54, 1.807) is 0 Å². The summed E-state index contributed by atoms with van der Waals surface area (Å²) in [6.45, 7) is -0.153. The zero-order valence-corrected chi connectivity index (χ0v) is 14.7. The van der Waals surface area contributed by atoms with Gasteiger partial charge in [0.2, 0.25) is 0 Å². The third-order valence-corrected chi connectivity index (χ3v) is 3.96. The van der Waals surface area contributed by atoms with Crippen molar-refractivity contribution in [3.05, 3.63) is 0 Å². The van der Waals surface area contributed by atoms with Crippen molar-refractivity contribution in [1.29, 1.82) is 0 Å². The molecule has 0 aromatic heterocycles. The predicted molar refractivity (Wildman–Crippen MR) is 61.0 cm³/mol. The maximum absolute atomic E-state index is 13.3. The van der Waals surface area contributed by atoms with Crippen molar-refractivity contribution in [3.8, 4) is 0 Å².